The van der Waals surface area contributed by atoms with E-state index in [9.17, 15) is 0 Å². The van der Waals surface area contributed by atoms with Crippen LogP contribution in [0.2, 0.25) is 0 Å². The Morgan fingerprint density at radius 2 is 2.06 bits per heavy atom. The molecule has 0 radical (unpaired) electrons. The van der Waals surface area contributed by atoms with Gasteiger partial charge in [-0.1, -0.05) is 0 Å². The third-order valence-electron chi connectivity index (χ3n) is 3.22. The van der Waals surface area contributed by atoms with Crippen LogP contribution in [0.1, 0.15) is 39.4 Å². The summed E-state index contributed by atoms with van der Waals surface area (Å²) in [6.45, 7) is 6.54. The first-order valence-electron chi connectivity index (χ1n) is 6.23. The van der Waals surface area contributed by atoms with Crippen LogP contribution in [0, 0.1) is 10.7 Å². The van der Waals surface area contributed by atoms with Crippen molar-refractivity contribution in [2.75, 3.05) is 11.5 Å². The molecular formula is C12H21N3S2. The maximum atomic E-state index is 5.33. The van der Waals surface area contributed by atoms with Crippen LogP contribution < -0.4 is 0 Å². The van der Waals surface area contributed by atoms with Crippen molar-refractivity contribution >= 4 is 24.0 Å². The van der Waals surface area contributed by atoms with Crippen LogP contribution in [-0.2, 0) is 12.0 Å². The van der Waals surface area contributed by atoms with Gasteiger partial charge in [-0.3, -0.25) is 9.67 Å². The van der Waals surface area contributed by atoms with Crippen LogP contribution in [0.15, 0.2) is 0 Å². The van der Waals surface area contributed by atoms with Crippen molar-refractivity contribution in [3.05, 3.63) is 10.6 Å². The van der Waals surface area contributed by atoms with Gasteiger partial charge >= 0.3 is 0 Å². The van der Waals surface area contributed by atoms with Crippen molar-refractivity contribution < 1.29 is 0 Å². The summed E-state index contributed by atoms with van der Waals surface area (Å²) in [5.74, 6) is 4.50. The molecule has 1 aromatic rings. The lowest BCUT2D eigenvalue weighted by Gasteiger charge is -2.25. The molecule has 3 nitrogen and oxygen atoms in total. The first-order valence-corrected chi connectivity index (χ1v) is 7.79. The van der Waals surface area contributed by atoms with Gasteiger partial charge < -0.3 is 0 Å². The van der Waals surface area contributed by atoms with E-state index < -0.39 is 0 Å². The van der Waals surface area contributed by atoms with Crippen LogP contribution in [0.5, 0.6) is 0 Å². The minimum absolute atomic E-state index is 0.0167. The van der Waals surface area contributed by atoms with Gasteiger partial charge in [0, 0.05) is 12.0 Å². The molecule has 0 amide bonds. The highest BCUT2D eigenvalue weighted by Gasteiger charge is 2.22. The second-order valence-corrected chi connectivity index (χ2v) is 7.32. The number of nitrogens with one attached hydrogen (secondary N) is 1. The van der Waals surface area contributed by atoms with Gasteiger partial charge in [0.25, 0.3) is 0 Å². The maximum absolute atomic E-state index is 5.33. The highest BCUT2D eigenvalue weighted by Crippen LogP contribution is 2.27. The van der Waals surface area contributed by atoms with Gasteiger partial charge in [0.05, 0.1) is 0 Å². The van der Waals surface area contributed by atoms with Crippen LogP contribution in [-0.4, -0.2) is 26.3 Å². The second kappa shape index (κ2) is 5.14. The lowest BCUT2D eigenvalue weighted by molar-refractivity contribution is 0.361. The Balaban J connectivity index is 2.18. The monoisotopic (exact) mass is 271 g/mol. The van der Waals surface area contributed by atoms with Crippen molar-refractivity contribution in [2.24, 2.45) is 5.92 Å². The summed E-state index contributed by atoms with van der Waals surface area (Å²) in [5.41, 5.74) is 0.0167. The largest absolute Gasteiger partial charge is 0.299 e. The fraction of sp³-hybridized carbons (Fsp3) is 0.833. The maximum Gasteiger partial charge on any atom is 0.195 e. The van der Waals surface area contributed by atoms with E-state index in [-0.39, 0.29) is 5.54 Å². The number of aromatic nitrogens is 3. The summed E-state index contributed by atoms with van der Waals surface area (Å²) >= 11 is 7.40. The molecule has 0 aliphatic carbocycles. The van der Waals surface area contributed by atoms with Crippen LogP contribution in [0.3, 0.4) is 0 Å². The standard InChI is InChI=1S/C12H21N3S2/c1-12(2,3)15-10(13-14-11(15)16)8-9-4-6-17-7-5-9/h9H,4-8H2,1-3H3,(H,14,16). The van der Waals surface area contributed by atoms with Gasteiger partial charge in [0.2, 0.25) is 0 Å². The Bertz CT molecular complexity index is 422. The first kappa shape index (κ1) is 13.1. The van der Waals surface area contributed by atoms with Gasteiger partial charge in [-0.2, -0.15) is 16.9 Å². The Hall–Kier alpha value is -0.290. The van der Waals surface area contributed by atoms with Crippen LogP contribution in [0.4, 0.5) is 0 Å². The predicted molar refractivity (Wildman–Crippen MR) is 76.2 cm³/mol. The fourth-order valence-electron chi connectivity index (χ4n) is 2.37. The molecule has 0 aromatic carbocycles. The zero-order valence-corrected chi connectivity index (χ0v) is 12.5. The highest BCUT2D eigenvalue weighted by molar-refractivity contribution is 7.99. The molecule has 2 heterocycles. The first-order chi connectivity index (χ1) is 7.98. The quantitative estimate of drug-likeness (QED) is 0.837. The second-order valence-electron chi connectivity index (χ2n) is 5.71. The number of nitrogens with zero attached hydrogens (tertiary/aromatic N) is 2. The summed E-state index contributed by atoms with van der Waals surface area (Å²) in [5, 5.41) is 7.36. The Kier molecular flexibility index (Phi) is 3.98. The SMILES string of the molecule is CC(C)(C)n1c(CC2CCSCC2)n[nH]c1=S. The van der Waals surface area contributed by atoms with Crippen molar-refractivity contribution in [1.82, 2.24) is 14.8 Å². The average molecular weight is 271 g/mol. The van der Waals surface area contributed by atoms with E-state index in [2.05, 4.69) is 47.3 Å². The molecule has 17 heavy (non-hydrogen) atoms. The third kappa shape index (κ3) is 3.13. The Morgan fingerprint density at radius 1 is 1.41 bits per heavy atom. The zero-order chi connectivity index (χ0) is 12.5. The summed E-state index contributed by atoms with van der Waals surface area (Å²) in [4.78, 5) is 0. The predicted octanol–water partition coefficient (Wildman–Crippen LogP) is 3.38. The number of H-pyrrole nitrogens is 1. The van der Waals surface area contributed by atoms with E-state index >= 15 is 0 Å². The zero-order valence-electron chi connectivity index (χ0n) is 10.8. The third-order valence-corrected chi connectivity index (χ3v) is 4.55. The average Bonchev–Trinajstić information content (AvgIpc) is 2.60. The highest BCUT2D eigenvalue weighted by atomic mass is 32.2. The van der Waals surface area contributed by atoms with Crippen LogP contribution in [0.25, 0.3) is 0 Å². The molecule has 1 saturated heterocycles. The summed E-state index contributed by atoms with van der Waals surface area (Å²) in [7, 11) is 0. The number of rotatable bonds is 2. The lowest BCUT2D eigenvalue weighted by Crippen LogP contribution is -2.26. The van der Waals surface area contributed by atoms with E-state index in [1.54, 1.807) is 0 Å². The smallest absolute Gasteiger partial charge is 0.195 e. The number of hydrogen-bond acceptors (Lipinski definition) is 3. The molecule has 2 rings (SSSR count). The molecule has 1 aromatic heterocycles. The van der Waals surface area contributed by atoms with Gasteiger partial charge in [0.1, 0.15) is 5.82 Å². The summed E-state index contributed by atoms with van der Waals surface area (Å²) < 4.78 is 2.92. The normalized spacial score (nSPS) is 18.5. The van der Waals surface area contributed by atoms with Crippen molar-refractivity contribution in [3.8, 4) is 0 Å². The molecule has 0 spiro atoms. The van der Waals surface area contributed by atoms with Crippen molar-refractivity contribution in [3.63, 3.8) is 0 Å². The lowest BCUT2D eigenvalue weighted by atomic mass is 9.98. The van der Waals surface area contributed by atoms with Crippen molar-refractivity contribution in [1.29, 1.82) is 0 Å². The minimum atomic E-state index is 0.0167. The van der Waals surface area contributed by atoms with Crippen molar-refractivity contribution in [2.45, 2.75) is 45.6 Å². The van der Waals surface area contributed by atoms with E-state index in [1.165, 1.54) is 24.3 Å². The molecule has 1 fully saturated rings. The van der Waals surface area contributed by atoms with Gasteiger partial charge in [-0.25, -0.2) is 0 Å². The molecule has 96 valence electrons. The Labute approximate surface area is 112 Å². The van der Waals surface area contributed by atoms with Crippen LogP contribution >= 0.6 is 24.0 Å². The van der Waals surface area contributed by atoms with Gasteiger partial charge in [0.15, 0.2) is 4.77 Å². The molecule has 1 aliphatic rings. The molecule has 1 N–H and O–H groups in total. The summed E-state index contributed by atoms with van der Waals surface area (Å²) in [6.07, 6.45) is 3.69. The number of aromatic amines is 1. The fourth-order valence-corrected chi connectivity index (χ4v) is 4.00. The number of thioether (sulfide) groups is 1. The molecule has 5 heteroatoms. The molecular weight excluding hydrogens is 250 g/mol. The van der Waals surface area contributed by atoms with E-state index in [0.717, 1.165) is 22.9 Å². The topological polar surface area (TPSA) is 33.6 Å². The molecule has 0 bridgehead atoms. The molecule has 0 unspecified atom stereocenters. The summed E-state index contributed by atoms with van der Waals surface area (Å²) in [6, 6.07) is 0. The van der Waals surface area contributed by atoms with E-state index in [1.807, 2.05) is 0 Å². The Morgan fingerprint density at radius 3 is 2.65 bits per heavy atom. The molecule has 0 saturated carbocycles. The minimum Gasteiger partial charge on any atom is -0.299 e. The van der Waals surface area contributed by atoms with E-state index in [4.69, 9.17) is 12.2 Å². The molecule has 0 atom stereocenters. The van der Waals surface area contributed by atoms with E-state index in [0.29, 0.717) is 0 Å². The van der Waals surface area contributed by atoms with Gasteiger partial charge in [-0.15, -0.1) is 0 Å². The molecule has 1 aliphatic heterocycles. The van der Waals surface area contributed by atoms with Gasteiger partial charge in [-0.05, 0) is 63.3 Å². The number of hydrogen-bond donors (Lipinski definition) is 1.